The molecule has 0 bridgehead atoms. The zero-order valence-corrected chi connectivity index (χ0v) is 15.9. The molecule has 29 heavy (non-hydrogen) atoms. The number of benzene rings is 3. The topological polar surface area (TPSA) is 87.7 Å². The van der Waals surface area contributed by atoms with E-state index in [4.69, 9.17) is 22.1 Å². The van der Waals surface area contributed by atoms with Crippen LogP contribution in [0.4, 0.5) is 0 Å². The van der Waals surface area contributed by atoms with Crippen LogP contribution in [0.5, 0.6) is 5.88 Å². The second-order valence-electron chi connectivity index (χ2n) is 6.82. The highest BCUT2D eigenvalue weighted by molar-refractivity contribution is 6.30. The van der Waals surface area contributed by atoms with Crippen molar-refractivity contribution < 1.29 is 4.74 Å². The first-order chi connectivity index (χ1) is 14.2. The van der Waals surface area contributed by atoms with Crippen molar-refractivity contribution in [3.8, 4) is 23.2 Å². The van der Waals surface area contributed by atoms with E-state index in [9.17, 15) is 5.26 Å². The number of halogens is 1. The highest BCUT2D eigenvalue weighted by atomic mass is 35.5. The third-order valence-electron chi connectivity index (χ3n) is 5.20. The zero-order valence-electron chi connectivity index (χ0n) is 15.2. The largest absolute Gasteiger partial charge is 0.420 e. The van der Waals surface area contributed by atoms with Crippen molar-refractivity contribution in [1.82, 2.24) is 10.2 Å². The number of hydrogen-bond acceptors (Lipinski definition) is 4. The summed E-state index contributed by atoms with van der Waals surface area (Å²) in [5, 5.41) is 20.1. The average Bonchev–Trinajstić information content (AvgIpc) is 3.16. The lowest BCUT2D eigenvalue weighted by atomic mass is 9.82. The fraction of sp³-hybridized carbons (Fsp3) is 0.0435. The number of ether oxygens (including phenoxy) is 1. The van der Waals surface area contributed by atoms with Crippen molar-refractivity contribution >= 4 is 22.4 Å². The number of fused-ring (bicyclic) bond motifs is 2. The Hall–Kier alpha value is -3.75. The van der Waals surface area contributed by atoms with E-state index >= 15 is 0 Å². The van der Waals surface area contributed by atoms with Crippen LogP contribution in [0, 0.1) is 11.3 Å². The van der Waals surface area contributed by atoms with Crippen molar-refractivity contribution in [2.75, 3.05) is 0 Å². The number of nitrogens with zero attached hydrogens (tertiary/aromatic N) is 2. The number of nitrogens with two attached hydrogens (primary N) is 1. The van der Waals surface area contributed by atoms with Crippen molar-refractivity contribution in [1.29, 1.82) is 5.26 Å². The third-order valence-corrected chi connectivity index (χ3v) is 5.45. The molecule has 0 saturated heterocycles. The maximum absolute atomic E-state index is 9.82. The van der Waals surface area contributed by atoms with Gasteiger partial charge >= 0.3 is 0 Å². The molecule has 3 aromatic carbocycles. The van der Waals surface area contributed by atoms with Crippen molar-refractivity contribution in [3.63, 3.8) is 0 Å². The Balaban J connectivity index is 1.78. The Morgan fingerprint density at radius 1 is 1.03 bits per heavy atom. The average molecular weight is 399 g/mol. The summed E-state index contributed by atoms with van der Waals surface area (Å²) in [6.45, 7) is 0. The maximum Gasteiger partial charge on any atom is 0.244 e. The van der Waals surface area contributed by atoms with Gasteiger partial charge in [0.15, 0.2) is 0 Å². The Morgan fingerprint density at radius 2 is 1.79 bits per heavy atom. The van der Waals surface area contributed by atoms with Gasteiger partial charge < -0.3 is 10.5 Å². The zero-order chi connectivity index (χ0) is 20.0. The molecule has 3 N–H and O–H groups in total. The quantitative estimate of drug-likeness (QED) is 0.491. The van der Waals surface area contributed by atoms with Crippen LogP contribution >= 0.6 is 11.6 Å². The molecule has 0 radical (unpaired) electrons. The first-order valence-corrected chi connectivity index (χ1v) is 9.44. The molecule has 0 saturated carbocycles. The fourth-order valence-corrected chi connectivity index (χ4v) is 4.01. The number of aromatic amines is 1. The van der Waals surface area contributed by atoms with Crippen LogP contribution in [0.25, 0.3) is 22.0 Å². The van der Waals surface area contributed by atoms with Crippen LogP contribution < -0.4 is 10.5 Å². The molecule has 0 amide bonds. The van der Waals surface area contributed by atoms with E-state index in [1.54, 1.807) is 12.1 Å². The van der Waals surface area contributed by atoms with Gasteiger partial charge in [-0.1, -0.05) is 66.2 Å². The monoisotopic (exact) mass is 398 g/mol. The molecule has 6 heteroatoms. The second-order valence-corrected chi connectivity index (χ2v) is 7.26. The predicted octanol–water partition coefficient (Wildman–Crippen LogP) is 5.10. The number of hydrogen-bond donors (Lipinski definition) is 2. The molecule has 1 aromatic heterocycles. The summed E-state index contributed by atoms with van der Waals surface area (Å²) < 4.78 is 5.69. The highest BCUT2D eigenvalue weighted by Gasteiger charge is 2.35. The van der Waals surface area contributed by atoms with Gasteiger partial charge in [0.1, 0.15) is 11.6 Å². The summed E-state index contributed by atoms with van der Waals surface area (Å²) in [7, 11) is 0. The summed E-state index contributed by atoms with van der Waals surface area (Å²) in [4.78, 5) is 0. The molecule has 1 aliphatic heterocycles. The summed E-state index contributed by atoms with van der Waals surface area (Å²) in [6.07, 6.45) is 0. The predicted molar refractivity (Wildman–Crippen MR) is 112 cm³/mol. The van der Waals surface area contributed by atoms with Gasteiger partial charge in [-0.2, -0.15) is 5.26 Å². The molecule has 5 rings (SSSR count). The van der Waals surface area contributed by atoms with E-state index in [0.29, 0.717) is 16.5 Å². The molecule has 0 spiro atoms. The second kappa shape index (κ2) is 6.69. The van der Waals surface area contributed by atoms with E-state index in [-0.39, 0.29) is 5.88 Å². The van der Waals surface area contributed by atoms with Gasteiger partial charge in [-0.05, 0) is 28.5 Å². The lowest BCUT2D eigenvalue weighted by molar-refractivity contribution is 0.379. The third kappa shape index (κ3) is 2.74. The van der Waals surface area contributed by atoms with Crippen LogP contribution in [0.15, 0.2) is 78.2 Å². The van der Waals surface area contributed by atoms with Crippen molar-refractivity contribution in [2.45, 2.75) is 5.92 Å². The Bertz CT molecular complexity index is 1310. The van der Waals surface area contributed by atoms with Crippen molar-refractivity contribution in [3.05, 3.63) is 94.3 Å². The van der Waals surface area contributed by atoms with E-state index in [1.807, 2.05) is 36.4 Å². The van der Waals surface area contributed by atoms with Gasteiger partial charge in [0.25, 0.3) is 0 Å². The van der Waals surface area contributed by atoms with Crippen LogP contribution in [-0.2, 0) is 0 Å². The highest BCUT2D eigenvalue weighted by Crippen LogP contribution is 2.46. The summed E-state index contributed by atoms with van der Waals surface area (Å²) in [6, 6.07) is 23.8. The van der Waals surface area contributed by atoms with Gasteiger partial charge in [-0.25, -0.2) is 0 Å². The number of H-pyrrole nitrogens is 1. The molecule has 5 nitrogen and oxygen atoms in total. The number of allylic oxidation sites excluding steroid dienone is 1. The van der Waals surface area contributed by atoms with Gasteiger partial charge in [0.2, 0.25) is 11.8 Å². The summed E-state index contributed by atoms with van der Waals surface area (Å²) >= 11 is 6.08. The van der Waals surface area contributed by atoms with E-state index < -0.39 is 5.92 Å². The molecule has 0 aliphatic carbocycles. The minimum Gasteiger partial charge on any atom is -0.420 e. The maximum atomic E-state index is 9.82. The number of rotatable bonds is 2. The molecule has 140 valence electrons. The Labute approximate surface area is 172 Å². The van der Waals surface area contributed by atoms with Gasteiger partial charge in [-0.3, -0.25) is 5.10 Å². The molecule has 0 unspecified atom stereocenters. The first kappa shape index (κ1) is 17.4. The van der Waals surface area contributed by atoms with Crippen LogP contribution in [0.2, 0.25) is 5.02 Å². The minimum atomic E-state index is -0.409. The van der Waals surface area contributed by atoms with Crippen LogP contribution in [-0.4, -0.2) is 10.2 Å². The standard InChI is InChI=1S/C23H15ClN4O/c24-15-10-8-14(9-11-15)19-18(12-25)22(26)29-23-20(19)21(27-28-23)17-7-3-5-13-4-1-2-6-16(13)17/h1-11,19H,26H2,(H,27,28)/t19-/m1/s1. The summed E-state index contributed by atoms with van der Waals surface area (Å²) in [5.74, 6) is 0.0361. The Kier molecular flexibility index (Phi) is 4.01. The number of nitriles is 1. The number of nitrogens with one attached hydrogen (secondary N) is 1. The molecule has 4 aromatic rings. The molecule has 2 heterocycles. The summed E-state index contributed by atoms with van der Waals surface area (Å²) in [5.41, 5.74) is 9.87. The molecular weight excluding hydrogens is 384 g/mol. The van der Waals surface area contributed by atoms with Crippen LogP contribution in [0.3, 0.4) is 0 Å². The molecular formula is C23H15ClN4O. The SMILES string of the molecule is N#CC1=C(N)Oc2n[nH]c(-c3cccc4ccccc34)c2[C@@H]1c1ccc(Cl)cc1. The van der Waals surface area contributed by atoms with Gasteiger partial charge in [0, 0.05) is 10.6 Å². The lowest BCUT2D eigenvalue weighted by Crippen LogP contribution is -2.20. The number of aromatic nitrogens is 2. The fourth-order valence-electron chi connectivity index (χ4n) is 3.88. The van der Waals surface area contributed by atoms with Crippen LogP contribution in [0.1, 0.15) is 17.0 Å². The lowest BCUT2D eigenvalue weighted by Gasteiger charge is -2.24. The molecule has 0 fully saturated rings. The van der Waals surface area contributed by atoms with E-state index in [2.05, 4.69) is 34.5 Å². The first-order valence-electron chi connectivity index (χ1n) is 9.07. The van der Waals surface area contributed by atoms with Crippen molar-refractivity contribution in [2.24, 2.45) is 5.73 Å². The minimum absolute atomic E-state index is 0.0657. The normalized spacial score (nSPS) is 15.7. The molecule has 1 atom stereocenters. The smallest absolute Gasteiger partial charge is 0.244 e. The van der Waals surface area contributed by atoms with Gasteiger partial charge in [0.05, 0.1) is 17.2 Å². The Morgan fingerprint density at radius 3 is 2.59 bits per heavy atom. The molecule has 1 aliphatic rings. The van der Waals surface area contributed by atoms with E-state index in [0.717, 1.165) is 33.2 Å². The van der Waals surface area contributed by atoms with E-state index in [1.165, 1.54) is 0 Å². The van der Waals surface area contributed by atoms with Gasteiger partial charge in [-0.15, -0.1) is 5.10 Å².